The molecule has 0 N–H and O–H groups in total. The van der Waals surface area contributed by atoms with Gasteiger partial charge in [-0.15, -0.1) is 0 Å². The van der Waals surface area contributed by atoms with Crippen molar-refractivity contribution in [2.75, 3.05) is 11.5 Å². The molecule has 0 amide bonds. The van der Waals surface area contributed by atoms with Crippen LogP contribution in [0.4, 0.5) is 0 Å². The SMILES string of the molecule is CO[C@@H](C)CI. The first-order chi connectivity index (χ1) is 2.81. The van der Waals surface area contributed by atoms with E-state index < -0.39 is 0 Å². The fraction of sp³-hybridized carbons (Fsp3) is 1.00. The first kappa shape index (κ1) is 6.69. The van der Waals surface area contributed by atoms with E-state index >= 15 is 0 Å². The molecule has 38 valence electrons. The number of methoxy groups -OCH3 is 1. The maximum atomic E-state index is 4.89. The van der Waals surface area contributed by atoms with Crippen molar-refractivity contribution in [2.24, 2.45) is 0 Å². The van der Waals surface area contributed by atoms with E-state index in [9.17, 15) is 0 Å². The summed E-state index contributed by atoms with van der Waals surface area (Å²) < 4.78 is 5.97. The molecule has 0 rings (SSSR count). The van der Waals surface area contributed by atoms with E-state index in [4.69, 9.17) is 4.74 Å². The molecule has 1 nitrogen and oxygen atoms in total. The number of hydrogen-bond donors (Lipinski definition) is 0. The molecule has 0 aromatic carbocycles. The molecule has 0 unspecified atom stereocenters. The predicted octanol–water partition coefficient (Wildman–Crippen LogP) is 1.46. The van der Waals surface area contributed by atoms with E-state index in [1.807, 2.05) is 6.92 Å². The molecule has 0 heterocycles. The Morgan fingerprint density at radius 1 is 1.83 bits per heavy atom. The van der Waals surface area contributed by atoms with Crippen LogP contribution < -0.4 is 0 Å². The monoisotopic (exact) mass is 200 g/mol. The minimum atomic E-state index is 0.422. The largest absolute Gasteiger partial charge is 0.381 e. The van der Waals surface area contributed by atoms with Gasteiger partial charge in [0, 0.05) is 11.5 Å². The molecule has 0 aliphatic heterocycles. The van der Waals surface area contributed by atoms with Crippen molar-refractivity contribution in [1.82, 2.24) is 0 Å². The summed E-state index contributed by atoms with van der Waals surface area (Å²) in [5.74, 6) is 0. The van der Waals surface area contributed by atoms with Crippen LogP contribution in [0.5, 0.6) is 0 Å². The molecule has 6 heavy (non-hydrogen) atoms. The molecule has 0 aromatic rings. The summed E-state index contributed by atoms with van der Waals surface area (Å²) in [4.78, 5) is 0. The van der Waals surface area contributed by atoms with E-state index in [0.717, 1.165) is 4.43 Å². The lowest BCUT2D eigenvalue weighted by Crippen LogP contribution is -2.04. The minimum Gasteiger partial charge on any atom is -0.381 e. The minimum absolute atomic E-state index is 0.422. The van der Waals surface area contributed by atoms with Crippen LogP contribution in [0, 0.1) is 0 Å². The number of halogens is 1. The highest BCUT2D eigenvalue weighted by Crippen LogP contribution is 1.91. The fourth-order valence-corrected chi connectivity index (χ4v) is 0.423. The number of hydrogen-bond acceptors (Lipinski definition) is 1. The summed E-state index contributed by atoms with van der Waals surface area (Å²) >= 11 is 2.29. The van der Waals surface area contributed by atoms with Gasteiger partial charge in [0.2, 0.25) is 0 Å². The molecule has 0 saturated carbocycles. The Morgan fingerprint density at radius 3 is 2.33 bits per heavy atom. The van der Waals surface area contributed by atoms with Gasteiger partial charge in [0.05, 0.1) is 6.10 Å². The Balaban J connectivity index is 2.75. The Kier molecular flexibility index (Phi) is 4.31. The molecule has 0 bridgehead atoms. The van der Waals surface area contributed by atoms with E-state index in [1.165, 1.54) is 0 Å². The van der Waals surface area contributed by atoms with E-state index in [2.05, 4.69) is 22.6 Å². The van der Waals surface area contributed by atoms with Crippen molar-refractivity contribution >= 4 is 22.6 Å². The maximum Gasteiger partial charge on any atom is 0.0632 e. The summed E-state index contributed by atoms with van der Waals surface area (Å²) in [5, 5.41) is 0. The highest BCUT2D eigenvalue weighted by Gasteiger charge is 1.89. The van der Waals surface area contributed by atoms with Crippen LogP contribution in [0.25, 0.3) is 0 Å². The maximum absolute atomic E-state index is 4.89. The molecule has 0 aliphatic rings. The summed E-state index contributed by atoms with van der Waals surface area (Å²) in [6.45, 7) is 2.05. The summed E-state index contributed by atoms with van der Waals surface area (Å²) in [7, 11) is 1.73. The second kappa shape index (κ2) is 3.87. The lowest BCUT2D eigenvalue weighted by molar-refractivity contribution is 0.140. The molecule has 0 aliphatic carbocycles. The molecule has 1 atom stereocenters. The summed E-state index contributed by atoms with van der Waals surface area (Å²) in [6, 6.07) is 0. The van der Waals surface area contributed by atoms with Crippen LogP contribution in [0.3, 0.4) is 0 Å². The second-order valence-corrected chi connectivity index (χ2v) is 2.08. The fourth-order valence-electron chi connectivity index (χ4n) is 0.0630. The Bertz CT molecular complexity index is 26.7. The zero-order valence-corrected chi connectivity index (χ0v) is 6.23. The third-order valence-electron chi connectivity index (χ3n) is 0.620. The van der Waals surface area contributed by atoms with Gasteiger partial charge >= 0.3 is 0 Å². The van der Waals surface area contributed by atoms with Crippen LogP contribution >= 0.6 is 22.6 Å². The number of ether oxygens (including phenoxy) is 1. The first-order valence-electron chi connectivity index (χ1n) is 1.90. The Morgan fingerprint density at radius 2 is 2.33 bits per heavy atom. The van der Waals surface area contributed by atoms with E-state index in [1.54, 1.807) is 7.11 Å². The van der Waals surface area contributed by atoms with Crippen LogP contribution in [-0.4, -0.2) is 17.6 Å². The van der Waals surface area contributed by atoms with Gasteiger partial charge in [0.25, 0.3) is 0 Å². The quantitative estimate of drug-likeness (QED) is 0.484. The van der Waals surface area contributed by atoms with Gasteiger partial charge in [0.1, 0.15) is 0 Å². The average Bonchev–Trinajstić information content (AvgIpc) is 1.65. The normalized spacial score (nSPS) is 14.5. The highest BCUT2D eigenvalue weighted by atomic mass is 127. The van der Waals surface area contributed by atoms with Gasteiger partial charge in [-0.25, -0.2) is 0 Å². The Labute approximate surface area is 52.2 Å². The van der Waals surface area contributed by atoms with Crippen molar-refractivity contribution < 1.29 is 4.74 Å². The molecule has 0 spiro atoms. The number of alkyl halides is 1. The van der Waals surface area contributed by atoms with E-state index in [0.29, 0.717) is 6.10 Å². The molecule has 0 saturated heterocycles. The molecule has 0 aromatic heterocycles. The smallest absolute Gasteiger partial charge is 0.0632 e. The highest BCUT2D eigenvalue weighted by molar-refractivity contribution is 14.1. The van der Waals surface area contributed by atoms with Crippen LogP contribution in [0.1, 0.15) is 6.92 Å². The Hall–Kier alpha value is 0.690. The van der Waals surface area contributed by atoms with Gasteiger partial charge < -0.3 is 4.74 Å². The summed E-state index contributed by atoms with van der Waals surface area (Å²) in [5.41, 5.74) is 0. The molecular weight excluding hydrogens is 191 g/mol. The third-order valence-corrected chi connectivity index (χ3v) is 1.86. The van der Waals surface area contributed by atoms with Crippen LogP contribution in [0.2, 0.25) is 0 Å². The van der Waals surface area contributed by atoms with Gasteiger partial charge in [0.15, 0.2) is 0 Å². The van der Waals surface area contributed by atoms with E-state index in [-0.39, 0.29) is 0 Å². The van der Waals surface area contributed by atoms with Crippen molar-refractivity contribution in [3.05, 3.63) is 0 Å². The lowest BCUT2D eigenvalue weighted by Gasteiger charge is -2.00. The zero-order chi connectivity index (χ0) is 4.99. The molecule has 0 fully saturated rings. The van der Waals surface area contributed by atoms with Gasteiger partial charge in [-0.1, -0.05) is 22.6 Å². The van der Waals surface area contributed by atoms with Gasteiger partial charge in [-0.3, -0.25) is 0 Å². The molecular formula is C4H9IO. The standard InChI is InChI=1S/C4H9IO/c1-4(3-5)6-2/h4H,3H2,1-2H3/t4-/m0/s1. The topological polar surface area (TPSA) is 9.23 Å². The lowest BCUT2D eigenvalue weighted by atomic mass is 10.5. The zero-order valence-electron chi connectivity index (χ0n) is 4.07. The van der Waals surface area contributed by atoms with Crippen molar-refractivity contribution in [2.45, 2.75) is 13.0 Å². The second-order valence-electron chi connectivity index (χ2n) is 1.20. The third kappa shape index (κ3) is 2.90. The predicted molar refractivity (Wildman–Crippen MR) is 35.4 cm³/mol. The average molecular weight is 200 g/mol. The van der Waals surface area contributed by atoms with Crippen molar-refractivity contribution in [3.8, 4) is 0 Å². The van der Waals surface area contributed by atoms with Crippen molar-refractivity contribution in [3.63, 3.8) is 0 Å². The molecule has 2 heteroatoms. The van der Waals surface area contributed by atoms with Crippen LogP contribution in [-0.2, 0) is 4.74 Å². The van der Waals surface area contributed by atoms with Gasteiger partial charge in [-0.05, 0) is 6.92 Å². The number of rotatable bonds is 2. The molecule has 0 radical (unpaired) electrons. The van der Waals surface area contributed by atoms with Crippen LogP contribution in [0.15, 0.2) is 0 Å². The van der Waals surface area contributed by atoms with Gasteiger partial charge in [-0.2, -0.15) is 0 Å². The summed E-state index contributed by atoms with van der Waals surface area (Å²) in [6.07, 6.45) is 0.422. The first-order valence-corrected chi connectivity index (χ1v) is 3.42. The van der Waals surface area contributed by atoms with Crippen molar-refractivity contribution in [1.29, 1.82) is 0 Å².